The SMILES string of the molecule is Cc1cc(C(=O)N2CC(C)NC(C)C2)ncc1-c1ccc(C[C@@H](C(N)=O)N(C(=O)C2CCC(CNC(=O)OC(C)(C)C)CC2)c2ccc(-c3nn[nH]n3)cc2)cc1. The van der Waals surface area contributed by atoms with E-state index in [1.165, 1.54) is 0 Å². The molecule has 1 aliphatic heterocycles. The van der Waals surface area contributed by atoms with Gasteiger partial charge < -0.3 is 26.0 Å². The van der Waals surface area contributed by atoms with Crippen molar-refractivity contribution in [2.75, 3.05) is 24.5 Å². The van der Waals surface area contributed by atoms with Crippen LogP contribution >= 0.6 is 0 Å². The number of primary amides is 1. The van der Waals surface area contributed by atoms with Gasteiger partial charge in [-0.1, -0.05) is 24.3 Å². The number of alkyl carbamates (subject to hydrolysis) is 1. The van der Waals surface area contributed by atoms with Crippen LogP contribution in [-0.2, 0) is 20.7 Å². The van der Waals surface area contributed by atoms with Gasteiger partial charge in [0.15, 0.2) is 0 Å². The van der Waals surface area contributed by atoms with Gasteiger partial charge in [-0.25, -0.2) is 4.79 Å². The van der Waals surface area contributed by atoms with Crippen LogP contribution in [0.5, 0.6) is 0 Å². The Hall–Kier alpha value is -5.70. The van der Waals surface area contributed by atoms with E-state index >= 15 is 0 Å². The van der Waals surface area contributed by atoms with Gasteiger partial charge in [0.1, 0.15) is 17.3 Å². The number of nitrogens with two attached hydrogens (primary N) is 1. The molecule has 5 N–H and O–H groups in total. The van der Waals surface area contributed by atoms with Crippen molar-refractivity contribution in [3.05, 3.63) is 77.6 Å². The fourth-order valence-electron chi connectivity index (χ4n) is 7.86. The number of tetrazole rings is 1. The molecule has 4 aromatic rings. The number of anilines is 1. The average molecular weight is 779 g/mol. The molecule has 6 rings (SSSR count). The van der Waals surface area contributed by atoms with Gasteiger partial charge in [0.05, 0.1) is 0 Å². The number of H-pyrrole nitrogens is 1. The molecular formula is C42H54N10O5. The van der Waals surface area contributed by atoms with Crippen LogP contribution in [0.25, 0.3) is 22.5 Å². The van der Waals surface area contributed by atoms with Crippen molar-refractivity contribution < 1.29 is 23.9 Å². The summed E-state index contributed by atoms with van der Waals surface area (Å²) in [5, 5.41) is 20.5. The second-order valence-corrected chi connectivity index (χ2v) is 16.5. The fourth-order valence-corrected chi connectivity index (χ4v) is 7.86. The van der Waals surface area contributed by atoms with Crippen molar-refractivity contribution in [3.8, 4) is 22.5 Å². The average Bonchev–Trinajstić information content (AvgIpc) is 3.72. The third-order valence-corrected chi connectivity index (χ3v) is 10.6. The number of benzene rings is 2. The highest BCUT2D eigenvalue weighted by molar-refractivity contribution is 6.02. The summed E-state index contributed by atoms with van der Waals surface area (Å²) in [4.78, 5) is 61.4. The molecule has 15 heteroatoms. The van der Waals surface area contributed by atoms with E-state index in [0.29, 0.717) is 55.2 Å². The van der Waals surface area contributed by atoms with Gasteiger partial charge >= 0.3 is 6.09 Å². The number of hydrogen-bond donors (Lipinski definition) is 4. The first-order valence-corrected chi connectivity index (χ1v) is 19.7. The van der Waals surface area contributed by atoms with E-state index in [-0.39, 0.29) is 42.2 Å². The van der Waals surface area contributed by atoms with E-state index < -0.39 is 23.6 Å². The third kappa shape index (κ3) is 10.4. The number of aryl methyl sites for hydroxylation is 1. The number of nitrogens with one attached hydrogen (secondary N) is 3. The van der Waals surface area contributed by atoms with E-state index in [9.17, 15) is 19.2 Å². The molecule has 0 spiro atoms. The van der Waals surface area contributed by atoms with Gasteiger partial charge in [-0.05, 0) is 125 Å². The molecule has 1 saturated heterocycles. The summed E-state index contributed by atoms with van der Waals surface area (Å²) in [6.45, 7) is 13.3. The number of nitrogens with zero attached hydrogens (tertiary/aromatic N) is 6. The summed E-state index contributed by atoms with van der Waals surface area (Å²) in [7, 11) is 0. The van der Waals surface area contributed by atoms with Crippen LogP contribution in [0.3, 0.4) is 0 Å². The normalized spacial score (nSPS) is 20.4. The predicted octanol–water partition coefficient (Wildman–Crippen LogP) is 4.82. The van der Waals surface area contributed by atoms with Crippen molar-refractivity contribution in [3.63, 3.8) is 0 Å². The Balaban J connectivity index is 1.18. The van der Waals surface area contributed by atoms with Gasteiger partial charge in [0.2, 0.25) is 17.6 Å². The van der Waals surface area contributed by atoms with Gasteiger partial charge in [-0.3, -0.25) is 24.3 Å². The molecule has 4 amide bonds. The molecule has 2 fully saturated rings. The van der Waals surface area contributed by atoms with Crippen LogP contribution in [0.1, 0.15) is 81.9 Å². The number of amides is 4. The lowest BCUT2D eigenvalue weighted by Gasteiger charge is -2.36. The second-order valence-electron chi connectivity index (χ2n) is 16.5. The van der Waals surface area contributed by atoms with Crippen LogP contribution in [0.2, 0.25) is 0 Å². The predicted molar refractivity (Wildman–Crippen MR) is 216 cm³/mol. The van der Waals surface area contributed by atoms with Crippen molar-refractivity contribution in [1.82, 2.24) is 41.1 Å². The van der Waals surface area contributed by atoms with Crippen molar-refractivity contribution in [2.24, 2.45) is 17.6 Å². The maximum absolute atomic E-state index is 14.5. The third-order valence-electron chi connectivity index (χ3n) is 10.6. The Bertz CT molecular complexity index is 2010. The maximum atomic E-state index is 14.5. The second kappa shape index (κ2) is 17.6. The van der Waals surface area contributed by atoms with E-state index in [1.807, 2.05) is 62.9 Å². The van der Waals surface area contributed by atoms with E-state index in [0.717, 1.165) is 35.1 Å². The summed E-state index contributed by atoms with van der Waals surface area (Å²) >= 11 is 0. The molecule has 2 unspecified atom stereocenters. The Labute approximate surface area is 333 Å². The van der Waals surface area contributed by atoms with Gasteiger partial charge in [-0.15, -0.1) is 10.2 Å². The van der Waals surface area contributed by atoms with Crippen molar-refractivity contribution >= 4 is 29.5 Å². The first-order valence-electron chi connectivity index (χ1n) is 19.7. The molecule has 2 aromatic carbocycles. The Kier molecular flexibility index (Phi) is 12.7. The monoisotopic (exact) mass is 778 g/mol. The lowest BCUT2D eigenvalue weighted by molar-refractivity contribution is -0.127. The molecule has 57 heavy (non-hydrogen) atoms. The highest BCUT2D eigenvalue weighted by atomic mass is 16.6. The Morgan fingerprint density at radius 3 is 2.19 bits per heavy atom. The van der Waals surface area contributed by atoms with Crippen LogP contribution in [0, 0.1) is 18.8 Å². The fraction of sp³-hybridized carbons (Fsp3) is 0.476. The van der Waals surface area contributed by atoms with Gasteiger partial charge in [-0.2, -0.15) is 5.21 Å². The standard InChI is InChI=1S/C42H54N10O5/c1-25-19-35(40(55)51-23-26(2)46-27(3)24-51)44-22-34(25)30-11-7-28(8-12-30)20-36(37(43)53)52(33-17-15-31(16-18-33)38-47-49-50-48-38)39(54)32-13-9-29(10-14-32)21-45-41(56)57-42(4,5)6/h7-8,11-12,15-19,22,26-27,29,32,36,46H,9-10,13-14,20-21,23-24H2,1-6H3,(H2,43,53)(H,45,56)(H,47,48,49,50)/t26?,27?,29?,32?,36-/m0/s1. The molecule has 2 aliphatic rings. The number of aromatic amines is 1. The van der Waals surface area contributed by atoms with Crippen LogP contribution in [0.15, 0.2) is 60.8 Å². The smallest absolute Gasteiger partial charge is 0.407 e. The number of rotatable bonds is 11. The molecular weight excluding hydrogens is 725 g/mol. The summed E-state index contributed by atoms with van der Waals surface area (Å²) in [6, 6.07) is 16.2. The minimum absolute atomic E-state index is 0.0792. The number of carbonyl (C=O) groups is 4. The Morgan fingerprint density at radius 2 is 1.61 bits per heavy atom. The lowest BCUT2D eigenvalue weighted by Crippen LogP contribution is -2.55. The molecule has 0 bridgehead atoms. The molecule has 2 aromatic heterocycles. The number of carbonyl (C=O) groups excluding carboxylic acids is 4. The Morgan fingerprint density at radius 1 is 0.965 bits per heavy atom. The summed E-state index contributed by atoms with van der Waals surface area (Å²) in [5.41, 5.74) is 10.7. The number of hydrogen-bond acceptors (Lipinski definition) is 10. The van der Waals surface area contributed by atoms with Crippen LogP contribution in [0.4, 0.5) is 10.5 Å². The lowest BCUT2D eigenvalue weighted by atomic mass is 9.81. The topological polar surface area (TPSA) is 201 Å². The highest BCUT2D eigenvalue weighted by Crippen LogP contribution is 2.34. The molecule has 1 saturated carbocycles. The number of aromatic nitrogens is 5. The van der Waals surface area contributed by atoms with Crippen LogP contribution in [-0.4, -0.2) is 97.7 Å². The van der Waals surface area contributed by atoms with Crippen molar-refractivity contribution in [2.45, 2.75) is 97.4 Å². The van der Waals surface area contributed by atoms with E-state index in [4.69, 9.17) is 10.5 Å². The highest BCUT2D eigenvalue weighted by Gasteiger charge is 2.36. The van der Waals surface area contributed by atoms with E-state index in [2.05, 4.69) is 50.1 Å². The number of pyridine rings is 1. The minimum atomic E-state index is -0.977. The first-order chi connectivity index (χ1) is 27.1. The zero-order valence-corrected chi connectivity index (χ0v) is 33.6. The maximum Gasteiger partial charge on any atom is 0.407 e. The van der Waals surface area contributed by atoms with Crippen molar-refractivity contribution in [1.29, 1.82) is 0 Å². The first kappa shape index (κ1) is 40.9. The van der Waals surface area contributed by atoms with Gasteiger partial charge in [0, 0.05) is 67.1 Å². The van der Waals surface area contributed by atoms with Gasteiger partial charge in [0.25, 0.3) is 5.91 Å². The molecule has 15 nitrogen and oxygen atoms in total. The van der Waals surface area contributed by atoms with E-state index in [1.54, 1.807) is 35.4 Å². The number of piperazine rings is 1. The molecule has 3 atom stereocenters. The quantitative estimate of drug-likeness (QED) is 0.164. The molecule has 302 valence electrons. The summed E-state index contributed by atoms with van der Waals surface area (Å²) in [6.07, 6.45) is 4.13. The molecule has 0 radical (unpaired) electrons. The van der Waals surface area contributed by atoms with Crippen LogP contribution < -0.4 is 21.3 Å². The zero-order chi connectivity index (χ0) is 40.9. The number of ether oxygens (including phenoxy) is 1. The zero-order valence-electron chi connectivity index (χ0n) is 33.6. The summed E-state index contributed by atoms with van der Waals surface area (Å²) in [5.74, 6) is -0.622. The molecule has 1 aliphatic carbocycles. The molecule has 3 heterocycles. The summed E-state index contributed by atoms with van der Waals surface area (Å²) < 4.78 is 5.38. The minimum Gasteiger partial charge on any atom is -0.444 e. The largest absolute Gasteiger partial charge is 0.444 e.